The molecule has 21 heavy (non-hydrogen) atoms. The molecule has 0 spiro atoms. The van der Waals surface area contributed by atoms with E-state index in [1.807, 2.05) is 12.1 Å². The molecule has 0 fully saturated rings. The van der Waals surface area contributed by atoms with Gasteiger partial charge in [-0.3, -0.25) is 0 Å². The monoisotopic (exact) mass is 285 g/mol. The van der Waals surface area contributed by atoms with Crippen molar-refractivity contribution < 1.29 is 9.47 Å². The highest BCUT2D eigenvalue weighted by atomic mass is 16.5. The first-order valence-corrected chi connectivity index (χ1v) is 7.20. The van der Waals surface area contributed by atoms with Crippen molar-refractivity contribution in [2.45, 2.75) is 19.9 Å². The third-order valence-electron chi connectivity index (χ3n) is 3.47. The van der Waals surface area contributed by atoms with Crippen LogP contribution < -0.4 is 14.8 Å². The lowest BCUT2D eigenvalue weighted by atomic mass is 10.1. The van der Waals surface area contributed by atoms with Crippen molar-refractivity contribution in [3.05, 3.63) is 59.2 Å². The van der Waals surface area contributed by atoms with Crippen molar-refractivity contribution in [1.82, 2.24) is 5.32 Å². The van der Waals surface area contributed by atoms with E-state index in [2.05, 4.69) is 42.6 Å². The summed E-state index contributed by atoms with van der Waals surface area (Å²) in [5.41, 5.74) is 3.78. The second-order valence-corrected chi connectivity index (χ2v) is 5.07. The molecule has 0 bridgehead atoms. The molecule has 2 aromatic carbocycles. The van der Waals surface area contributed by atoms with E-state index in [-0.39, 0.29) is 0 Å². The maximum absolute atomic E-state index is 5.43. The van der Waals surface area contributed by atoms with Gasteiger partial charge in [0, 0.05) is 12.1 Å². The fourth-order valence-corrected chi connectivity index (χ4v) is 2.42. The van der Waals surface area contributed by atoms with Crippen LogP contribution >= 0.6 is 0 Å². The fraction of sp³-hybridized carbons (Fsp3) is 0.333. The number of benzene rings is 2. The zero-order chi connectivity index (χ0) is 15.1. The average molecular weight is 285 g/mol. The Morgan fingerprint density at radius 2 is 1.81 bits per heavy atom. The molecule has 3 heteroatoms. The zero-order valence-corrected chi connectivity index (χ0v) is 13.0. The molecule has 112 valence electrons. The number of rotatable bonds is 7. The first kappa shape index (κ1) is 15.4. The standard InChI is InChI=1S/C18H23NO2/c1-14-6-4-7-15(12-14)10-11-19-13-16-8-5-9-17(20-2)18(16)21-3/h4-9,12,19H,10-11,13H2,1-3H3. The van der Waals surface area contributed by atoms with Crippen molar-refractivity contribution in [1.29, 1.82) is 0 Å². The maximum atomic E-state index is 5.43. The van der Waals surface area contributed by atoms with Crippen LogP contribution in [0.4, 0.5) is 0 Å². The summed E-state index contributed by atoms with van der Waals surface area (Å²) in [4.78, 5) is 0. The van der Waals surface area contributed by atoms with Crippen molar-refractivity contribution in [2.24, 2.45) is 0 Å². The number of methoxy groups -OCH3 is 2. The molecule has 0 aromatic heterocycles. The van der Waals surface area contributed by atoms with E-state index >= 15 is 0 Å². The van der Waals surface area contributed by atoms with Crippen molar-refractivity contribution in [3.63, 3.8) is 0 Å². The van der Waals surface area contributed by atoms with Gasteiger partial charge in [0.25, 0.3) is 0 Å². The molecular weight excluding hydrogens is 262 g/mol. The van der Waals surface area contributed by atoms with Gasteiger partial charge in [-0.2, -0.15) is 0 Å². The second-order valence-electron chi connectivity index (χ2n) is 5.07. The van der Waals surface area contributed by atoms with Gasteiger partial charge in [-0.15, -0.1) is 0 Å². The van der Waals surface area contributed by atoms with E-state index in [4.69, 9.17) is 9.47 Å². The Labute approximate surface area is 126 Å². The molecule has 0 radical (unpaired) electrons. The van der Waals surface area contributed by atoms with E-state index in [1.165, 1.54) is 11.1 Å². The molecular formula is C18H23NO2. The first-order valence-electron chi connectivity index (χ1n) is 7.20. The summed E-state index contributed by atoms with van der Waals surface area (Å²) in [6.45, 7) is 3.83. The smallest absolute Gasteiger partial charge is 0.165 e. The highest BCUT2D eigenvalue weighted by molar-refractivity contribution is 5.46. The first-order chi connectivity index (χ1) is 10.2. The van der Waals surface area contributed by atoms with Gasteiger partial charge in [-0.1, -0.05) is 42.0 Å². The highest BCUT2D eigenvalue weighted by Gasteiger charge is 2.08. The molecule has 1 N–H and O–H groups in total. The molecule has 0 saturated heterocycles. The van der Waals surface area contributed by atoms with Gasteiger partial charge in [-0.25, -0.2) is 0 Å². The Morgan fingerprint density at radius 1 is 1.00 bits per heavy atom. The molecule has 0 heterocycles. The molecule has 3 nitrogen and oxygen atoms in total. The van der Waals surface area contributed by atoms with E-state index in [0.29, 0.717) is 0 Å². The van der Waals surface area contributed by atoms with E-state index < -0.39 is 0 Å². The minimum atomic E-state index is 0.770. The maximum Gasteiger partial charge on any atom is 0.165 e. The number of nitrogens with one attached hydrogen (secondary N) is 1. The predicted molar refractivity (Wildman–Crippen MR) is 86.1 cm³/mol. The number of hydrogen-bond acceptors (Lipinski definition) is 3. The Bertz CT molecular complexity index is 581. The molecule has 0 aliphatic heterocycles. The lowest BCUT2D eigenvalue weighted by Gasteiger charge is -2.13. The normalized spacial score (nSPS) is 10.4. The molecule has 0 atom stereocenters. The van der Waals surface area contributed by atoms with Crippen LogP contribution in [-0.4, -0.2) is 20.8 Å². The lowest BCUT2D eigenvalue weighted by molar-refractivity contribution is 0.350. The predicted octanol–water partition coefficient (Wildman–Crippen LogP) is 3.34. The topological polar surface area (TPSA) is 30.5 Å². The summed E-state index contributed by atoms with van der Waals surface area (Å²) < 4.78 is 10.7. The van der Waals surface area contributed by atoms with Gasteiger partial charge in [0.15, 0.2) is 11.5 Å². The Morgan fingerprint density at radius 3 is 2.52 bits per heavy atom. The summed E-state index contributed by atoms with van der Waals surface area (Å²) in [7, 11) is 3.33. The summed E-state index contributed by atoms with van der Waals surface area (Å²) in [5.74, 6) is 1.58. The molecule has 0 aliphatic carbocycles. The quantitative estimate of drug-likeness (QED) is 0.791. The van der Waals surface area contributed by atoms with Crippen LogP contribution in [0.3, 0.4) is 0 Å². The van der Waals surface area contributed by atoms with Crippen molar-refractivity contribution >= 4 is 0 Å². The van der Waals surface area contributed by atoms with Gasteiger partial charge >= 0.3 is 0 Å². The van der Waals surface area contributed by atoms with Gasteiger partial charge < -0.3 is 14.8 Å². The SMILES string of the molecule is COc1cccc(CNCCc2cccc(C)c2)c1OC. The largest absolute Gasteiger partial charge is 0.493 e. The third-order valence-corrected chi connectivity index (χ3v) is 3.47. The van der Waals surface area contributed by atoms with Gasteiger partial charge in [-0.05, 0) is 31.5 Å². The van der Waals surface area contributed by atoms with Crippen LogP contribution in [0.25, 0.3) is 0 Å². The zero-order valence-electron chi connectivity index (χ0n) is 13.0. The van der Waals surface area contributed by atoms with Crippen molar-refractivity contribution in [2.75, 3.05) is 20.8 Å². The molecule has 2 rings (SSSR count). The van der Waals surface area contributed by atoms with Crippen LogP contribution in [0, 0.1) is 6.92 Å². The van der Waals surface area contributed by atoms with Gasteiger partial charge in [0.2, 0.25) is 0 Å². The highest BCUT2D eigenvalue weighted by Crippen LogP contribution is 2.30. The molecule has 0 amide bonds. The molecule has 0 aliphatic rings. The third kappa shape index (κ3) is 4.23. The molecule has 2 aromatic rings. The summed E-state index contributed by atoms with van der Waals surface area (Å²) in [5, 5.41) is 3.46. The molecule has 0 unspecified atom stereocenters. The van der Waals surface area contributed by atoms with E-state index in [1.54, 1.807) is 14.2 Å². The van der Waals surface area contributed by atoms with Gasteiger partial charge in [0.1, 0.15) is 0 Å². The van der Waals surface area contributed by atoms with Crippen LogP contribution in [-0.2, 0) is 13.0 Å². The summed E-state index contributed by atoms with van der Waals surface area (Å²) in [6.07, 6.45) is 1.02. The minimum absolute atomic E-state index is 0.770. The fourth-order valence-electron chi connectivity index (χ4n) is 2.42. The van der Waals surface area contributed by atoms with Gasteiger partial charge in [0.05, 0.1) is 14.2 Å². The second kappa shape index (κ2) is 7.70. The Balaban J connectivity index is 1.89. The Kier molecular flexibility index (Phi) is 5.64. The van der Waals surface area contributed by atoms with Crippen LogP contribution in [0.2, 0.25) is 0 Å². The number of ether oxygens (including phenoxy) is 2. The Hall–Kier alpha value is -2.00. The van der Waals surface area contributed by atoms with E-state index in [9.17, 15) is 0 Å². The average Bonchev–Trinajstić information content (AvgIpc) is 2.51. The number of hydrogen-bond donors (Lipinski definition) is 1. The van der Waals surface area contributed by atoms with Crippen LogP contribution in [0.1, 0.15) is 16.7 Å². The van der Waals surface area contributed by atoms with Crippen LogP contribution in [0.15, 0.2) is 42.5 Å². The minimum Gasteiger partial charge on any atom is -0.493 e. The number of para-hydroxylation sites is 1. The molecule has 0 saturated carbocycles. The van der Waals surface area contributed by atoms with E-state index in [0.717, 1.165) is 36.6 Å². The lowest BCUT2D eigenvalue weighted by Crippen LogP contribution is -2.17. The van der Waals surface area contributed by atoms with Crippen LogP contribution in [0.5, 0.6) is 11.5 Å². The summed E-state index contributed by atoms with van der Waals surface area (Å²) in [6, 6.07) is 14.6. The number of aryl methyl sites for hydroxylation is 1. The summed E-state index contributed by atoms with van der Waals surface area (Å²) >= 11 is 0. The van der Waals surface area contributed by atoms with Crippen molar-refractivity contribution in [3.8, 4) is 11.5 Å².